The van der Waals surface area contributed by atoms with Crippen LogP contribution < -0.4 is 5.73 Å². The van der Waals surface area contributed by atoms with Gasteiger partial charge >= 0.3 is 0 Å². The van der Waals surface area contributed by atoms with Crippen molar-refractivity contribution in [2.24, 2.45) is 5.73 Å². The van der Waals surface area contributed by atoms with Gasteiger partial charge in [-0.3, -0.25) is 4.90 Å². The molecule has 0 amide bonds. The Bertz CT molecular complexity index is 565. The number of ether oxygens (including phenoxy) is 1. The highest BCUT2D eigenvalue weighted by molar-refractivity contribution is 7.99. The van der Waals surface area contributed by atoms with Crippen molar-refractivity contribution in [3.05, 3.63) is 24.0 Å². The van der Waals surface area contributed by atoms with E-state index in [2.05, 4.69) is 33.1 Å². The Kier molecular flexibility index (Phi) is 4.57. The normalized spacial score (nSPS) is 16.9. The first kappa shape index (κ1) is 13.9. The van der Waals surface area contributed by atoms with Gasteiger partial charge in [-0.2, -0.15) is 0 Å². The number of hydrogen-bond acceptors (Lipinski definition) is 5. The number of nitrogens with two attached hydrogens (primary N) is 1. The van der Waals surface area contributed by atoms with Gasteiger partial charge in [-0.25, -0.2) is 4.98 Å². The number of benzene rings is 1. The molecule has 0 bridgehead atoms. The van der Waals surface area contributed by atoms with Crippen molar-refractivity contribution in [2.45, 2.75) is 11.4 Å². The molecule has 0 aliphatic carbocycles. The van der Waals surface area contributed by atoms with E-state index in [0.29, 0.717) is 6.54 Å². The van der Waals surface area contributed by atoms with Crippen LogP contribution in [0.2, 0.25) is 0 Å². The van der Waals surface area contributed by atoms with Gasteiger partial charge in [0.05, 0.1) is 30.8 Å². The van der Waals surface area contributed by atoms with Crippen molar-refractivity contribution in [1.29, 1.82) is 0 Å². The molecule has 0 unspecified atom stereocenters. The number of rotatable bonds is 5. The molecule has 20 heavy (non-hydrogen) atoms. The van der Waals surface area contributed by atoms with Crippen LogP contribution in [0.3, 0.4) is 0 Å². The maximum atomic E-state index is 5.54. The molecule has 5 nitrogen and oxygen atoms in total. The second kappa shape index (κ2) is 6.58. The summed E-state index contributed by atoms with van der Waals surface area (Å²) in [5.74, 6) is 1.98. The Morgan fingerprint density at radius 1 is 1.35 bits per heavy atom. The largest absolute Gasteiger partial charge is 0.379 e. The molecule has 0 radical (unpaired) electrons. The van der Waals surface area contributed by atoms with Gasteiger partial charge in [0.25, 0.3) is 0 Å². The number of nitrogens with zero attached hydrogens (tertiary/aromatic N) is 2. The molecular formula is C14H20N4OS. The predicted octanol–water partition coefficient (Wildman–Crippen LogP) is 1.45. The zero-order valence-electron chi connectivity index (χ0n) is 11.5. The van der Waals surface area contributed by atoms with Crippen molar-refractivity contribution in [2.75, 3.05) is 38.6 Å². The Morgan fingerprint density at radius 3 is 3.00 bits per heavy atom. The molecule has 1 aliphatic heterocycles. The molecule has 2 aromatic rings. The van der Waals surface area contributed by atoms with Crippen molar-refractivity contribution < 1.29 is 4.74 Å². The van der Waals surface area contributed by atoms with Crippen molar-refractivity contribution in [3.8, 4) is 0 Å². The summed E-state index contributed by atoms with van der Waals surface area (Å²) >= 11 is 1.78. The molecule has 1 aliphatic rings. The highest BCUT2D eigenvalue weighted by Crippen LogP contribution is 2.22. The van der Waals surface area contributed by atoms with Crippen LogP contribution in [0.15, 0.2) is 23.1 Å². The number of fused-ring (bicyclic) bond motifs is 1. The summed E-state index contributed by atoms with van der Waals surface area (Å²) in [4.78, 5) is 11.7. The quantitative estimate of drug-likeness (QED) is 0.816. The first-order valence-corrected chi connectivity index (χ1v) is 7.95. The summed E-state index contributed by atoms with van der Waals surface area (Å²) in [5, 5.41) is 0. The molecule has 1 aromatic heterocycles. The van der Waals surface area contributed by atoms with E-state index in [9.17, 15) is 0 Å². The number of H-pyrrole nitrogens is 1. The molecule has 6 heteroatoms. The van der Waals surface area contributed by atoms with E-state index in [1.807, 2.05) is 0 Å². The Morgan fingerprint density at radius 2 is 2.20 bits per heavy atom. The summed E-state index contributed by atoms with van der Waals surface area (Å²) in [6, 6.07) is 6.35. The third-order valence-electron chi connectivity index (χ3n) is 3.37. The van der Waals surface area contributed by atoms with Gasteiger partial charge in [0.15, 0.2) is 0 Å². The molecule has 3 N–H and O–H groups in total. The first-order valence-electron chi connectivity index (χ1n) is 6.97. The van der Waals surface area contributed by atoms with Gasteiger partial charge in [0, 0.05) is 30.3 Å². The zero-order chi connectivity index (χ0) is 13.8. The van der Waals surface area contributed by atoms with Crippen molar-refractivity contribution in [3.63, 3.8) is 0 Å². The zero-order valence-corrected chi connectivity index (χ0v) is 12.3. The number of imidazole rings is 1. The SMILES string of the molecule is NCCSc1ccc2nc(CN3CCOCC3)[nH]c2c1. The van der Waals surface area contributed by atoms with Crippen LogP contribution in [0.1, 0.15) is 5.82 Å². The van der Waals surface area contributed by atoms with Crippen LogP contribution in [0.25, 0.3) is 11.0 Å². The smallest absolute Gasteiger partial charge is 0.121 e. The maximum absolute atomic E-state index is 5.54. The average molecular weight is 292 g/mol. The molecule has 0 atom stereocenters. The van der Waals surface area contributed by atoms with Gasteiger partial charge in [-0.1, -0.05) is 0 Å². The van der Waals surface area contributed by atoms with E-state index in [1.54, 1.807) is 11.8 Å². The topological polar surface area (TPSA) is 67.2 Å². The number of aromatic nitrogens is 2. The third-order valence-corrected chi connectivity index (χ3v) is 4.39. The Hall–Kier alpha value is -1.08. The van der Waals surface area contributed by atoms with E-state index in [-0.39, 0.29) is 0 Å². The second-order valence-corrected chi connectivity index (χ2v) is 6.06. The number of aromatic amines is 1. The number of thioether (sulfide) groups is 1. The molecular weight excluding hydrogens is 272 g/mol. The van der Waals surface area contributed by atoms with Crippen LogP contribution in [0.4, 0.5) is 0 Å². The molecule has 108 valence electrons. The molecule has 0 saturated carbocycles. The first-order chi connectivity index (χ1) is 9.85. The minimum absolute atomic E-state index is 0.702. The van der Waals surface area contributed by atoms with Gasteiger partial charge in [0.1, 0.15) is 5.82 Å². The van der Waals surface area contributed by atoms with E-state index >= 15 is 0 Å². The highest BCUT2D eigenvalue weighted by Gasteiger charge is 2.13. The molecule has 2 heterocycles. The van der Waals surface area contributed by atoms with E-state index < -0.39 is 0 Å². The second-order valence-electron chi connectivity index (χ2n) is 4.89. The molecule has 1 saturated heterocycles. The lowest BCUT2D eigenvalue weighted by Gasteiger charge is -2.25. The Labute approximate surface area is 122 Å². The standard InChI is InChI=1S/C14H20N4OS/c15-3-8-20-11-1-2-12-13(9-11)17-14(16-12)10-18-4-6-19-7-5-18/h1-2,9H,3-8,10,15H2,(H,16,17). The maximum Gasteiger partial charge on any atom is 0.121 e. The fourth-order valence-electron chi connectivity index (χ4n) is 2.35. The van der Waals surface area contributed by atoms with Crippen LogP contribution in [-0.4, -0.2) is 53.5 Å². The van der Waals surface area contributed by atoms with Crippen LogP contribution in [0, 0.1) is 0 Å². The summed E-state index contributed by atoms with van der Waals surface area (Å²) in [6.45, 7) is 5.17. The Balaban J connectivity index is 1.72. The summed E-state index contributed by atoms with van der Waals surface area (Å²) in [6.07, 6.45) is 0. The lowest BCUT2D eigenvalue weighted by Crippen LogP contribution is -2.35. The van der Waals surface area contributed by atoms with Gasteiger partial charge < -0.3 is 15.5 Å². The van der Waals surface area contributed by atoms with E-state index in [0.717, 1.165) is 55.5 Å². The summed E-state index contributed by atoms with van der Waals surface area (Å²) < 4.78 is 5.36. The summed E-state index contributed by atoms with van der Waals surface area (Å²) in [7, 11) is 0. The molecule has 0 spiro atoms. The van der Waals surface area contributed by atoms with Crippen LogP contribution in [0.5, 0.6) is 0 Å². The predicted molar refractivity (Wildman–Crippen MR) is 82.0 cm³/mol. The van der Waals surface area contributed by atoms with Crippen LogP contribution in [-0.2, 0) is 11.3 Å². The minimum atomic E-state index is 0.702. The number of hydrogen-bond donors (Lipinski definition) is 2. The lowest BCUT2D eigenvalue weighted by molar-refractivity contribution is 0.0332. The average Bonchev–Trinajstić information content (AvgIpc) is 2.87. The van der Waals surface area contributed by atoms with Gasteiger partial charge in [-0.15, -0.1) is 11.8 Å². The molecule has 1 aromatic carbocycles. The molecule has 1 fully saturated rings. The number of morpholine rings is 1. The van der Waals surface area contributed by atoms with Gasteiger partial charge in [0.2, 0.25) is 0 Å². The monoisotopic (exact) mass is 292 g/mol. The van der Waals surface area contributed by atoms with Gasteiger partial charge in [-0.05, 0) is 18.2 Å². The third kappa shape index (κ3) is 3.32. The molecule has 3 rings (SSSR count). The minimum Gasteiger partial charge on any atom is -0.379 e. The summed E-state index contributed by atoms with van der Waals surface area (Å²) in [5.41, 5.74) is 7.68. The highest BCUT2D eigenvalue weighted by atomic mass is 32.2. The van der Waals surface area contributed by atoms with E-state index in [1.165, 1.54) is 4.90 Å². The van der Waals surface area contributed by atoms with E-state index in [4.69, 9.17) is 10.5 Å². The lowest BCUT2D eigenvalue weighted by atomic mass is 10.3. The number of nitrogens with one attached hydrogen (secondary N) is 1. The fourth-order valence-corrected chi connectivity index (χ4v) is 3.07. The fraction of sp³-hybridized carbons (Fsp3) is 0.500. The van der Waals surface area contributed by atoms with Crippen molar-refractivity contribution >= 4 is 22.8 Å². The van der Waals surface area contributed by atoms with Crippen molar-refractivity contribution in [1.82, 2.24) is 14.9 Å². The van der Waals surface area contributed by atoms with Crippen LogP contribution >= 0.6 is 11.8 Å².